The Morgan fingerprint density at radius 2 is 0.613 bits per heavy atom. The number of nitrogens with zero attached hydrogens (tertiary/aromatic N) is 6. The molecular weight excluding hydrogens is 1140 g/mol. The molecule has 3 aromatic heterocycles. The standard InChI is InChI=1S/C48H29N3O.C37H21N3O/c49-30-31-27-35(32-21-23-37(24-22-32)51-45-14-6-3-11-42(45)43-12-4-7-15-46(43)51)29-36(28-31)39-26-25-38(40-9-1-2-10-41(39)40)33-17-19-34(20-18-33)48-50-44-13-5-8-16-47(44)52-48;38-22-24-6-5-7-28(18-24)29-19-25(23-39)20-30(21-29)32-17-16-31(33-8-1-2-9-34(32)33)26-12-14-27(15-13-26)37-40-35-10-3-4-11-36(35)41-37/h1-29H;1-21H. The van der Waals surface area contributed by atoms with Gasteiger partial charge in [0, 0.05) is 27.6 Å². The maximum atomic E-state index is 10.1. The van der Waals surface area contributed by atoms with Crippen LogP contribution in [0.1, 0.15) is 16.7 Å². The minimum absolute atomic E-state index is 0.572. The van der Waals surface area contributed by atoms with E-state index in [1.54, 1.807) is 6.07 Å². The Hall–Kier alpha value is -13.2. The van der Waals surface area contributed by atoms with E-state index in [0.29, 0.717) is 28.5 Å². The maximum Gasteiger partial charge on any atom is 0.227 e. The Bertz CT molecular complexity index is 5790. The average Bonchev–Trinajstić information content (AvgIpc) is 1.77. The fraction of sp³-hybridized carbons (Fsp3) is 0. The van der Waals surface area contributed by atoms with E-state index in [1.165, 1.54) is 21.8 Å². The lowest BCUT2D eigenvalue weighted by Gasteiger charge is -2.14. The smallest absolute Gasteiger partial charge is 0.227 e. The second-order valence-corrected chi connectivity index (χ2v) is 23.0. The molecule has 14 aromatic carbocycles. The van der Waals surface area contributed by atoms with Crippen LogP contribution < -0.4 is 0 Å². The van der Waals surface area contributed by atoms with Crippen molar-refractivity contribution in [2.75, 3.05) is 0 Å². The van der Waals surface area contributed by atoms with E-state index in [1.807, 2.05) is 115 Å². The Morgan fingerprint density at radius 1 is 0.258 bits per heavy atom. The Balaban J connectivity index is 0.000000152. The summed E-state index contributed by atoms with van der Waals surface area (Å²) in [6, 6.07) is 110. The molecule has 0 saturated heterocycles. The van der Waals surface area contributed by atoms with Gasteiger partial charge in [-0.1, -0.05) is 182 Å². The number of para-hydroxylation sites is 6. The SMILES string of the molecule is N#Cc1cc(-c2ccc(-n3c4ccccc4c4ccccc43)cc2)cc(-c2ccc(-c3ccc(-c4nc5ccccc5o4)cc3)c3ccccc23)c1.N#Cc1cccc(-c2cc(C#N)cc(-c3ccc(-c4ccc(-c5nc6ccccc6o5)cc4)c4ccccc34)c2)c1. The summed E-state index contributed by atoms with van der Waals surface area (Å²) < 4.78 is 14.3. The molecule has 3 heterocycles. The van der Waals surface area contributed by atoms with Crippen molar-refractivity contribution in [2.45, 2.75) is 0 Å². The summed E-state index contributed by atoms with van der Waals surface area (Å²) in [6.45, 7) is 0. The number of rotatable bonds is 9. The van der Waals surface area contributed by atoms with Crippen LogP contribution in [0.3, 0.4) is 0 Å². The highest BCUT2D eigenvalue weighted by Crippen LogP contribution is 2.42. The van der Waals surface area contributed by atoms with E-state index >= 15 is 0 Å². The third kappa shape index (κ3) is 10.3. The topological polar surface area (TPSA) is 128 Å². The molecule has 0 radical (unpaired) electrons. The maximum absolute atomic E-state index is 10.1. The minimum atomic E-state index is 0.572. The van der Waals surface area contributed by atoms with Gasteiger partial charge in [0.15, 0.2) is 11.2 Å². The van der Waals surface area contributed by atoms with Gasteiger partial charge in [0.25, 0.3) is 0 Å². The lowest BCUT2D eigenvalue weighted by Crippen LogP contribution is -1.94. The first-order valence-electron chi connectivity index (χ1n) is 30.6. The van der Waals surface area contributed by atoms with Crippen molar-refractivity contribution in [3.05, 3.63) is 320 Å². The first-order chi connectivity index (χ1) is 45.9. The summed E-state index contributed by atoms with van der Waals surface area (Å²) in [5.41, 5.74) is 22.8. The predicted molar refractivity (Wildman–Crippen MR) is 375 cm³/mol. The van der Waals surface area contributed by atoms with Crippen molar-refractivity contribution >= 4 is 65.6 Å². The van der Waals surface area contributed by atoms with Crippen molar-refractivity contribution in [2.24, 2.45) is 0 Å². The van der Waals surface area contributed by atoms with Crippen LogP contribution in [0.25, 0.3) is 161 Å². The van der Waals surface area contributed by atoms with E-state index < -0.39 is 0 Å². The van der Waals surface area contributed by atoms with Crippen molar-refractivity contribution < 1.29 is 8.83 Å². The Labute approximate surface area is 535 Å². The van der Waals surface area contributed by atoms with E-state index in [0.717, 1.165) is 127 Å². The largest absolute Gasteiger partial charge is 0.436 e. The summed E-state index contributed by atoms with van der Waals surface area (Å²) in [4.78, 5) is 9.30. The predicted octanol–water partition coefficient (Wildman–Crippen LogP) is 22.0. The summed E-state index contributed by atoms with van der Waals surface area (Å²) >= 11 is 0. The third-order valence-corrected chi connectivity index (χ3v) is 17.4. The molecule has 0 fully saturated rings. The van der Waals surface area contributed by atoms with Crippen LogP contribution in [-0.2, 0) is 0 Å². The number of hydrogen-bond donors (Lipinski definition) is 0. The van der Waals surface area contributed by atoms with Gasteiger partial charge in [0.05, 0.1) is 45.9 Å². The van der Waals surface area contributed by atoms with Gasteiger partial charge in [0.2, 0.25) is 11.8 Å². The van der Waals surface area contributed by atoms with Crippen LogP contribution in [0, 0.1) is 34.0 Å². The summed E-state index contributed by atoms with van der Waals surface area (Å²) in [7, 11) is 0. The fourth-order valence-electron chi connectivity index (χ4n) is 13.0. The van der Waals surface area contributed by atoms with Gasteiger partial charge in [-0.25, -0.2) is 9.97 Å². The van der Waals surface area contributed by atoms with Gasteiger partial charge in [-0.15, -0.1) is 0 Å². The highest BCUT2D eigenvalue weighted by molar-refractivity contribution is 6.10. The molecule has 0 aliphatic carbocycles. The molecule has 0 atom stereocenters. The summed E-state index contributed by atoms with van der Waals surface area (Å²) in [5, 5.41) is 36.3. The molecule has 0 bridgehead atoms. The molecule has 0 saturated carbocycles. The third-order valence-electron chi connectivity index (χ3n) is 17.4. The molecule has 0 aliphatic rings. The number of fused-ring (bicyclic) bond motifs is 7. The van der Waals surface area contributed by atoms with Gasteiger partial charge < -0.3 is 13.4 Å². The van der Waals surface area contributed by atoms with Gasteiger partial charge in [-0.05, 0) is 210 Å². The molecule has 93 heavy (non-hydrogen) atoms. The average molecular weight is 1190 g/mol. The molecule has 17 aromatic rings. The number of nitriles is 3. The monoisotopic (exact) mass is 1190 g/mol. The quantitative estimate of drug-likeness (QED) is 0.141. The highest BCUT2D eigenvalue weighted by atomic mass is 16.4. The zero-order valence-corrected chi connectivity index (χ0v) is 49.9. The van der Waals surface area contributed by atoms with Gasteiger partial charge >= 0.3 is 0 Å². The zero-order chi connectivity index (χ0) is 62.4. The van der Waals surface area contributed by atoms with Crippen LogP contribution in [0.5, 0.6) is 0 Å². The molecule has 0 amide bonds. The normalized spacial score (nSPS) is 11.2. The minimum Gasteiger partial charge on any atom is -0.436 e. The Kier molecular flexibility index (Phi) is 13.9. The molecule has 0 N–H and O–H groups in total. The van der Waals surface area contributed by atoms with Crippen LogP contribution in [-0.4, -0.2) is 14.5 Å². The molecule has 17 rings (SSSR count). The molecule has 0 unspecified atom stereocenters. The number of aromatic nitrogens is 3. The van der Waals surface area contributed by atoms with Gasteiger partial charge in [-0.3, -0.25) is 0 Å². The molecular formula is C85H50N6O2. The van der Waals surface area contributed by atoms with Crippen LogP contribution in [0.4, 0.5) is 0 Å². The lowest BCUT2D eigenvalue weighted by molar-refractivity contribution is 0.619. The summed E-state index contributed by atoms with van der Waals surface area (Å²) in [5.74, 6) is 1.22. The molecule has 8 heteroatoms. The highest BCUT2D eigenvalue weighted by Gasteiger charge is 2.18. The molecule has 0 aliphatic heterocycles. The second kappa shape index (κ2) is 23.4. The molecule has 8 nitrogen and oxygen atoms in total. The number of oxazole rings is 2. The number of benzene rings is 14. The van der Waals surface area contributed by atoms with Crippen molar-refractivity contribution in [3.8, 4) is 114 Å². The van der Waals surface area contributed by atoms with Crippen molar-refractivity contribution in [1.29, 1.82) is 15.8 Å². The lowest BCUT2D eigenvalue weighted by atomic mass is 9.90. The van der Waals surface area contributed by atoms with E-state index in [4.69, 9.17) is 8.83 Å². The van der Waals surface area contributed by atoms with Gasteiger partial charge in [-0.2, -0.15) is 15.8 Å². The van der Waals surface area contributed by atoms with E-state index in [9.17, 15) is 15.8 Å². The summed E-state index contributed by atoms with van der Waals surface area (Å²) in [6.07, 6.45) is 0. The zero-order valence-electron chi connectivity index (χ0n) is 49.9. The molecule has 432 valence electrons. The van der Waals surface area contributed by atoms with Crippen molar-refractivity contribution in [3.63, 3.8) is 0 Å². The second-order valence-electron chi connectivity index (χ2n) is 23.0. The van der Waals surface area contributed by atoms with E-state index in [-0.39, 0.29) is 0 Å². The fourth-order valence-corrected chi connectivity index (χ4v) is 13.0. The van der Waals surface area contributed by atoms with Crippen LogP contribution in [0.15, 0.2) is 312 Å². The Morgan fingerprint density at radius 3 is 1.05 bits per heavy atom. The van der Waals surface area contributed by atoms with Crippen LogP contribution >= 0.6 is 0 Å². The number of hydrogen-bond acceptors (Lipinski definition) is 7. The van der Waals surface area contributed by atoms with Gasteiger partial charge in [0.1, 0.15) is 11.0 Å². The van der Waals surface area contributed by atoms with Crippen molar-refractivity contribution in [1.82, 2.24) is 14.5 Å². The van der Waals surface area contributed by atoms with E-state index in [2.05, 4.69) is 215 Å². The first-order valence-corrected chi connectivity index (χ1v) is 30.6. The first kappa shape index (κ1) is 55.1. The molecule has 0 spiro atoms. The van der Waals surface area contributed by atoms with Crippen LogP contribution in [0.2, 0.25) is 0 Å².